The first-order valence-corrected chi connectivity index (χ1v) is 7.14. The lowest BCUT2D eigenvalue weighted by molar-refractivity contribution is -0.298. The molecule has 0 unspecified atom stereocenters. The van der Waals surface area contributed by atoms with Gasteiger partial charge in [-0.2, -0.15) is 4.39 Å². The molecule has 0 aliphatic carbocycles. The van der Waals surface area contributed by atoms with Crippen molar-refractivity contribution in [1.82, 2.24) is 15.0 Å². The number of aromatic nitrogens is 2. The maximum Gasteiger partial charge on any atom is 0.358 e. The summed E-state index contributed by atoms with van der Waals surface area (Å²) in [7, 11) is 0. The Labute approximate surface area is 131 Å². The molecule has 1 radical (unpaired) electrons. The summed E-state index contributed by atoms with van der Waals surface area (Å²) in [4.78, 5) is 38.0. The van der Waals surface area contributed by atoms with E-state index in [2.05, 4.69) is 0 Å². The van der Waals surface area contributed by atoms with E-state index >= 15 is 0 Å². The minimum Gasteiger partial charge on any atom is -0.457 e. The highest BCUT2D eigenvalue weighted by Gasteiger charge is 2.47. The van der Waals surface area contributed by atoms with Gasteiger partial charge in [-0.3, -0.25) is 14.8 Å². The van der Waals surface area contributed by atoms with Crippen molar-refractivity contribution >= 4 is 5.97 Å². The van der Waals surface area contributed by atoms with E-state index in [0.29, 0.717) is 0 Å². The normalized spacial score (nSPS) is 21.1. The first-order chi connectivity index (χ1) is 10.4. The smallest absolute Gasteiger partial charge is 0.358 e. The molecule has 1 aromatic heterocycles. The predicted molar refractivity (Wildman–Crippen MR) is 76.8 cm³/mol. The van der Waals surface area contributed by atoms with Crippen molar-refractivity contribution < 1.29 is 19.1 Å². The molecule has 1 aromatic rings. The standard InChI is InChI=1S/C14H19FN3O5/c1-13(2)5-7(6-14(3,4)18(13)22)23-11(20)9-8(15)10(19)17-12(21)16-9/h7H,5-6H2,1-4H3,(H2,16,17,19,21). The van der Waals surface area contributed by atoms with E-state index in [1.807, 2.05) is 4.98 Å². The summed E-state index contributed by atoms with van der Waals surface area (Å²) in [5, 5.41) is 13.2. The number of carbonyl (C=O) groups is 1. The van der Waals surface area contributed by atoms with Crippen LogP contribution in [0.3, 0.4) is 0 Å². The third-order valence-electron chi connectivity index (χ3n) is 3.92. The molecule has 2 N–H and O–H groups in total. The first-order valence-electron chi connectivity index (χ1n) is 7.14. The van der Waals surface area contributed by atoms with Gasteiger partial charge in [-0.25, -0.2) is 9.59 Å². The van der Waals surface area contributed by atoms with Gasteiger partial charge in [0.1, 0.15) is 6.10 Å². The molecular formula is C14H19FN3O5. The van der Waals surface area contributed by atoms with Gasteiger partial charge >= 0.3 is 11.7 Å². The van der Waals surface area contributed by atoms with Crippen LogP contribution in [-0.2, 0) is 9.94 Å². The lowest BCUT2D eigenvalue weighted by atomic mass is 9.80. The highest BCUT2D eigenvalue weighted by Crippen LogP contribution is 2.38. The molecule has 8 nitrogen and oxygen atoms in total. The summed E-state index contributed by atoms with van der Waals surface area (Å²) in [5.74, 6) is -2.55. The Morgan fingerprint density at radius 3 is 2.22 bits per heavy atom. The fraction of sp³-hybridized carbons (Fsp3) is 0.643. The van der Waals surface area contributed by atoms with Gasteiger partial charge in [-0.15, -0.1) is 10.3 Å². The SMILES string of the molecule is CC1(C)CC(OC(=O)c2[nH]c(=O)[nH]c(=O)c2F)CC(C)(C)N1[O]. The Hall–Kier alpha value is -2.00. The topological polar surface area (TPSA) is 115 Å². The Kier molecular flexibility index (Phi) is 4.20. The van der Waals surface area contributed by atoms with Gasteiger partial charge in [-0.05, 0) is 27.7 Å². The zero-order valence-corrected chi connectivity index (χ0v) is 13.4. The van der Waals surface area contributed by atoms with E-state index in [1.165, 1.54) is 0 Å². The van der Waals surface area contributed by atoms with Gasteiger partial charge in [0.05, 0.1) is 0 Å². The number of hydrogen-bond acceptors (Lipinski definition) is 5. The van der Waals surface area contributed by atoms with E-state index in [4.69, 9.17) is 4.74 Å². The molecule has 2 rings (SSSR count). The molecule has 0 saturated carbocycles. The molecule has 2 heterocycles. The number of esters is 1. The van der Waals surface area contributed by atoms with Crippen LogP contribution < -0.4 is 11.2 Å². The van der Waals surface area contributed by atoms with Crippen molar-refractivity contribution in [2.24, 2.45) is 0 Å². The van der Waals surface area contributed by atoms with Gasteiger partial charge in [0.2, 0.25) is 5.82 Å². The van der Waals surface area contributed by atoms with Crippen LogP contribution in [0.15, 0.2) is 9.59 Å². The minimum atomic E-state index is -1.41. The number of aromatic amines is 2. The molecule has 9 heteroatoms. The number of piperidine rings is 1. The number of H-pyrrole nitrogens is 2. The Morgan fingerprint density at radius 1 is 1.17 bits per heavy atom. The van der Waals surface area contributed by atoms with Crippen LogP contribution in [0, 0.1) is 5.82 Å². The van der Waals surface area contributed by atoms with E-state index in [1.54, 1.807) is 32.7 Å². The highest BCUT2D eigenvalue weighted by atomic mass is 19.1. The average Bonchev–Trinajstić information content (AvgIpc) is 2.39. The van der Waals surface area contributed by atoms with Crippen LogP contribution in [0.2, 0.25) is 0 Å². The van der Waals surface area contributed by atoms with E-state index < -0.39 is 45.9 Å². The molecule has 1 aliphatic heterocycles. The summed E-state index contributed by atoms with van der Waals surface area (Å²) < 4.78 is 18.9. The summed E-state index contributed by atoms with van der Waals surface area (Å²) in [6.07, 6.45) is -0.138. The molecule has 23 heavy (non-hydrogen) atoms. The molecule has 1 saturated heterocycles. The number of hydroxylamine groups is 2. The Morgan fingerprint density at radius 2 is 1.70 bits per heavy atom. The van der Waals surface area contributed by atoms with Gasteiger partial charge in [0.25, 0.3) is 5.56 Å². The summed E-state index contributed by atoms with van der Waals surface area (Å²) in [6, 6.07) is 0. The van der Waals surface area contributed by atoms with E-state index in [9.17, 15) is 24.0 Å². The Balaban J connectivity index is 2.25. The number of carbonyl (C=O) groups excluding carboxylic acids is 1. The molecule has 0 spiro atoms. The quantitative estimate of drug-likeness (QED) is 0.776. The molecule has 127 valence electrons. The van der Waals surface area contributed by atoms with Crippen molar-refractivity contribution in [3.63, 3.8) is 0 Å². The van der Waals surface area contributed by atoms with Crippen LogP contribution in [0.1, 0.15) is 51.0 Å². The van der Waals surface area contributed by atoms with Gasteiger partial charge in [-0.1, -0.05) is 0 Å². The number of rotatable bonds is 2. The molecule has 1 aliphatic rings. The van der Waals surface area contributed by atoms with Crippen molar-refractivity contribution in [3.8, 4) is 0 Å². The zero-order chi connectivity index (χ0) is 17.6. The van der Waals surface area contributed by atoms with Crippen molar-refractivity contribution in [2.75, 3.05) is 0 Å². The summed E-state index contributed by atoms with van der Waals surface area (Å²) in [6.45, 7) is 6.88. The van der Waals surface area contributed by atoms with Crippen molar-refractivity contribution in [2.45, 2.75) is 57.7 Å². The minimum absolute atomic E-state index is 0.251. The monoisotopic (exact) mass is 328 g/mol. The number of ether oxygens (including phenoxy) is 1. The van der Waals surface area contributed by atoms with Crippen molar-refractivity contribution in [3.05, 3.63) is 32.3 Å². The summed E-state index contributed by atoms with van der Waals surface area (Å²) >= 11 is 0. The second kappa shape index (κ2) is 5.57. The number of nitrogens with one attached hydrogen (secondary N) is 2. The molecular weight excluding hydrogens is 309 g/mol. The van der Waals surface area contributed by atoms with Crippen LogP contribution in [0.4, 0.5) is 4.39 Å². The zero-order valence-electron chi connectivity index (χ0n) is 13.4. The number of hydrogen-bond donors (Lipinski definition) is 2. The first kappa shape index (κ1) is 17.4. The van der Waals surface area contributed by atoms with E-state index in [-0.39, 0.29) is 12.8 Å². The average molecular weight is 328 g/mol. The second-order valence-electron chi connectivity index (χ2n) is 6.95. The molecule has 0 bridgehead atoms. The predicted octanol–water partition coefficient (Wildman–Crippen LogP) is 0.726. The van der Waals surface area contributed by atoms with Crippen LogP contribution in [0.5, 0.6) is 0 Å². The molecule has 0 aromatic carbocycles. The molecule has 0 atom stereocenters. The van der Waals surface area contributed by atoms with Crippen LogP contribution in [0.25, 0.3) is 0 Å². The largest absolute Gasteiger partial charge is 0.457 e. The molecule has 0 amide bonds. The van der Waals surface area contributed by atoms with Crippen LogP contribution >= 0.6 is 0 Å². The van der Waals surface area contributed by atoms with Gasteiger partial charge < -0.3 is 4.74 Å². The third-order valence-corrected chi connectivity index (χ3v) is 3.92. The highest BCUT2D eigenvalue weighted by molar-refractivity contribution is 5.87. The fourth-order valence-corrected chi connectivity index (χ4v) is 3.08. The van der Waals surface area contributed by atoms with Crippen LogP contribution in [-0.4, -0.2) is 38.2 Å². The third kappa shape index (κ3) is 3.35. The molecule has 1 fully saturated rings. The number of nitrogens with zero attached hydrogens (tertiary/aromatic N) is 1. The summed E-state index contributed by atoms with van der Waals surface area (Å²) in [5.41, 5.74) is -4.66. The van der Waals surface area contributed by atoms with E-state index in [0.717, 1.165) is 5.06 Å². The lowest BCUT2D eigenvalue weighted by Crippen LogP contribution is -2.60. The number of halogens is 1. The van der Waals surface area contributed by atoms with Gasteiger partial charge in [0, 0.05) is 23.9 Å². The Bertz CT molecular complexity index is 719. The fourth-order valence-electron chi connectivity index (χ4n) is 3.08. The maximum atomic E-state index is 13.7. The second-order valence-corrected chi connectivity index (χ2v) is 6.95. The van der Waals surface area contributed by atoms with Crippen molar-refractivity contribution in [1.29, 1.82) is 0 Å². The van der Waals surface area contributed by atoms with Gasteiger partial charge in [0.15, 0.2) is 5.69 Å². The maximum absolute atomic E-state index is 13.7. The lowest BCUT2D eigenvalue weighted by Gasteiger charge is -2.49.